The Bertz CT molecular complexity index is 575. The van der Waals surface area contributed by atoms with Crippen molar-refractivity contribution in [3.63, 3.8) is 0 Å². The lowest BCUT2D eigenvalue weighted by Crippen LogP contribution is -2.37. The largest absolute Gasteiger partial charge is 0.324 e. The first-order valence-corrected chi connectivity index (χ1v) is 6.28. The highest BCUT2D eigenvalue weighted by atomic mass is 16.2. The molecule has 2 aromatic rings. The van der Waals surface area contributed by atoms with Crippen molar-refractivity contribution in [3.8, 4) is 0 Å². The van der Waals surface area contributed by atoms with Crippen molar-refractivity contribution in [2.24, 2.45) is 5.73 Å². The quantitative estimate of drug-likeness (QED) is 0.821. The van der Waals surface area contributed by atoms with Crippen LogP contribution in [0.15, 0.2) is 42.5 Å². The molecule has 0 aromatic heterocycles. The molecule has 1 atom stereocenters. The van der Waals surface area contributed by atoms with Crippen molar-refractivity contribution >= 4 is 16.7 Å². The summed E-state index contributed by atoms with van der Waals surface area (Å²) in [4.78, 5) is 11.7. The van der Waals surface area contributed by atoms with E-state index < -0.39 is 0 Å². The normalized spacial score (nSPS) is 12.6. The van der Waals surface area contributed by atoms with Gasteiger partial charge < -0.3 is 5.73 Å². The summed E-state index contributed by atoms with van der Waals surface area (Å²) in [6, 6.07) is 13.8. The van der Waals surface area contributed by atoms with E-state index in [1.807, 2.05) is 42.5 Å². The summed E-state index contributed by atoms with van der Waals surface area (Å²) in [5.74, 6) is -0.0783. The zero-order valence-electron chi connectivity index (χ0n) is 11.3. The Kier molecular flexibility index (Phi) is 4.14. The fourth-order valence-corrected chi connectivity index (χ4v) is 2.18. The van der Waals surface area contributed by atoms with Crippen LogP contribution in [0.25, 0.3) is 10.8 Å². The Morgan fingerprint density at radius 1 is 1.21 bits per heavy atom. The Balaban J connectivity index is 2.22. The van der Waals surface area contributed by atoms with Gasteiger partial charge in [-0.2, -0.15) is 0 Å². The van der Waals surface area contributed by atoms with Crippen LogP contribution in [-0.4, -0.2) is 25.0 Å². The molecule has 0 bridgehead atoms. The summed E-state index contributed by atoms with van der Waals surface area (Å²) in [7, 11) is 3.56. The molecule has 4 nitrogen and oxygen atoms in total. The number of hydrogen-bond donors (Lipinski definition) is 2. The summed E-state index contributed by atoms with van der Waals surface area (Å²) in [6.07, 6.45) is 0.270. The third-order valence-electron chi connectivity index (χ3n) is 2.98. The average molecular weight is 257 g/mol. The molecule has 0 radical (unpaired) electrons. The summed E-state index contributed by atoms with van der Waals surface area (Å²) in [6.45, 7) is 0. The van der Waals surface area contributed by atoms with E-state index in [0.717, 1.165) is 16.3 Å². The van der Waals surface area contributed by atoms with Crippen LogP contribution in [0.5, 0.6) is 0 Å². The van der Waals surface area contributed by atoms with E-state index in [9.17, 15) is 4.79 Å². The molecule has 0 aliphatic rings. The monoisotopic (exact) mass is 257 g/mol. The van der Waals surface area contributed by atoms with E-state index in [1.54, 1.807) is 19.1 Å². The van der Waals surface area contributed by atoms with Crippen LogP contribution in [-0.2, 0) is 4.79 Å². The second kappa shape index (κ2) is 5.82. The molecule has 1 amide bonds. The standard InChI is InChI=1S/C15H19N3O/c1-18(2)17-15(19)10-14(16)13-9-5-7-11-6-3-4-8-12(11)13/h3-9,14H,10,16H2,1-2H3,(H,17,19). The van der Waals surface area contributed by atoms with Crippen LogP contribution in [0.1, 0.15) is 18.0 Å². The molecule has 0 fully saturated rings. The van der Waals surface area contributed by atoms with E-state index in [2.05, 4.69) is 5.43 Å². The van der Waals surface area contributed by atoms with Gasteiger partial charge in [0, 0.05) is 26.6 Å². The number of hydrazine groups is 1. The zero-order valence-corrected chi connectivity index (χ0v) is 11.3. The molecule has 0 saturated carbocycles. The van der Waals surface area contributed by atoms with Gasteiger partial charge in [-0.3, -0.25) is 10.2 Å². The molecule has 0 aliphatic carbocycles. The van der Waals surface area contributed by atoms with Crippen molar-refractivity contribution in [2.75, 3.05) is 14.1 Å². The minimum Gasteiger partial charge on any atom is -0.324 e. The van der Waals surface area contributed by atoms with Crippen LogP contribution in [0.3, 0.4) is 0 Å². The highest BCUT2D eigenvalue weighted by Crippen LogP contribution is 2.24. The maximum Gasteiger partial charge on any atom is 0.236 e. The van der Waals surface area contributed by atoms with Crippen LogP contribution in [0, 0.1) is 0 Å². The lowest BCUT2D eigenvalue weighted by molar-refractivity contribution is -0.125. The van der Waals surface area contributed by atoms with Gasteiger partial charge in [-0.05, 0) is 16.3 Å². The molecular formula is C15H19N3O. The SMILES string of the molecule is CN(C)NC(=O)CC(N)c1cccc2ccccc12. The molecular weight excluding hydrogens is 238 g/mol. The number of nitrogens with two attached hydrogens (primary N) is 1. The first-order valence-electron chi connectivity index (χ1n) is 6.28. The molecule has 0 spiro atoms. The number of fused-ring (bicyclic) bond motifs is 1. The zero-order chi connectivity index (χ0) is 13.8. The highest BCUT2D eigenvalue weighted by molar-refractivity contribution is 5.87. The number of carbonyl (C=O) groups is 1. The van der Waals surface area contributed by atoms with Crippen molar-refractivity contribution in [1.82, 2.24) is 10.4 Å². The highest BCUT2D eigenvalue weighted by Gasteiger charge is 2.14. The van der Waals surface area contributed by atoms with Crippen molar-refractivity contribution in [2.45, 2.75) is 12.5 Å². The predicted octanol–water partition coefficient (Wildman–Crippen LogP) is 1.82. The lowest BCUT2D eigenvalue weighted by Gasteiger charge is -2.17. The molecule has 4 heteroatoms. The predicted molar refractivity (Wildman–Crippen MR) is 77.3 cm³/mol. The number of carbonyl (C=O) groups excluding carboxylic acids is 1. The number of nitrogens with one attached hydrogen (secondary N) is 1. The number of rotatable bonds is 4. The van der Waals surface area contributed by atoms with Gasteiger partial charge in [0.1, 0.15) is 0 Å². The Labute approximate surface area is 113 Å². The van der Waals surface area contributed by atoms with Gasteiger partial charge in [-0.15, -0.1) is 0 Å². The third-order valence-corrected chi connectivity index (χ3v) is 2.98. The fraction of sp³-hybridized carbons (Fsp3) is 0.267. The van der Waals surface area contributed by atoms with E-state index >= 15 is 0 Å². The van der Waals surface area contributed by atoms with E-state index in [1.165, 1.54) is 0 Å². The van der Waals surface area contributed by atoms with E-state index in [4.69, 9.17) is 5.73 Å². The smallest absolute Gasteiger partial charge is 0.236 e. The van der Waals surface area contributed by atoms with Crippen LogP contribution in [0.2, 0.25) is 0 Å². The molecule has 2 aromatic carbocycles. The first-order chi connectivity index (χ1) is 9.08. The number of amides is 1. The van der Waals surface area contributed by atoms with Crippen molar-refractivity contribution < 1.29 is 4.79 Å². The Morgan fingerprint density at radius 3 is 2.63 bits per heavy atom. The minimum absolute atomic E-state index is 0.0783. The number of nitrogens with zero attached hydrogens (tertiary/aromatic N) is 1. The molecule has 1 unspecified atom stereocenters. The maximum atomic E-state index is 11.7. The number of benzene rings is 2. The second-order valence-electron chi connectivity index (χ2n) is 4.81. The summed E-state index contributed by atoms with van der Waals surface area (Å²) < 4.78 is 0. The molecule has 0 heterocycles. The molecule has 19 heavy (non-hydrogen) atoms. The Hall–Kier alpha value is -1.91. The first kappa shape index (κ1) is 13.5. The number of hydrogen-bond acceptors (Lipinski definition) is 3. The topological polar surface area (TPSA) is 58.4 Å². The summed E-state index contributed by atoms with van der Waals surface area (Å²) in [5.41, 5.74) is 9.87. The maximum absolute atomic E-state index is 11.7. The summed E-state index contributed by atoms with van der Waals surface area (Å²) >= 11 is 0. The van der Waals surface area contributed by atoms with Gasteiger partial charge in [0.15, 0.2) is 0 Å². The van der Waals surface area contributed by atoms with Gasteiger partial charge in [0.2, 0.25) is 5.91 Å². The second-order valence-corrected chi connectivity index (χ2v) is 4.81. The van der Waals surface area contributed by atoms with Gasteiger partial charge in [-0.1, -0.05) is 42.5 Å². The minimum atomic E-state index is -0.300. The van der Waals surface area contributed by atoms with Gasteiger partial charge in [0.25, 0.3) is 0 Å². The van der Waals surface area contributed by atoms with Crippen LogP contribution < -0.4 is 11.2 Å². The molecule has 2 rings (SSSR count). The molecule has 3 N–H and O–H groups in total. The molecule has 0 aliphatic heterocycles. The summed E-state index contributed by atoms with van der Waals surface area (Å²) in [5, 5.41) is 3.87. The fourth-order valence-electron chi connectivity index (χ4n) is 2.18. The Morgan fingerprint density at radius 2 is 1.89 bits per heavy atom. The average Bonchev–Trinajstić information content (AvgIpc) is 2.36. The van der Waals surface area contributed by atoms with Crippen LogP contribution >= 0.6 is 0 Å². The van der Waals surface area contributed by atoms with Crippen molar-refractivity contribution in [1.29, 1.82) is 0 Å². The third kappa shape index (κ3) is 3.30. The van der Waals surface area contributed by atoms with Crippen LogP contribution in [0.4, 0.5) is 0 Å². The van der Waals surface area contributed by atoms with Gasteiger partial charge in [-0.25, -0.2) is 5.01 Å². The molecule has 0 saturated heterocycles. The van der Waals surface area contributed by atoms with Gasteiger partial charge >= 0.3 is 0 Å². The van der Waals surface area contributed by atoms with E-state index in [-0.39, 0.29) is 18.4 Å². The van der Waals surface area contributed by atoms with Gasteiger partial charge in [0.05, 0.1) is 0 Å². The lowest BCUT2D eigenvalue weighted by atomic mass is 9.97. The van der Waals surface area contributed by atoms with E-state index in [0.29, 0.717) is 0 Å². The van der Waals surface area contributed by atoms with Crippen molar-refractivity contribution in [3.05, 3.63) is 48.0 Å². The molecule has 100 valence electrons.